The molecule has 0 unspecified atom stereocenters. The van der Waals surface area contributed by atoms with E-state index in [0.29, 0.717) is 0 Å². The molecule has 0 atom stereocenters. The van der Waals surface area contributed by atoms with Gasteiger partial charge in [0.25, 0.3) is 0 Å². The lowest BCUT2D eigenvalue weighted by atomic mass is 9.98. The van der Waals surface area contributed by atoms with Crippen molar-refractivity contribution in [2.45, 2.75) is 27.2 Å². The molecule has 79 valence electrons. The molecule has 0 aromatic rings. The summed E-state index contributed by atoms with van der Waals surface area (Å²) in [4.78, 5) is 0. The van der Waals surface area contributed by atoms with Crippen LogP contribution < -0.4 is 0 Å². The highest BCUT2D eigenvalue weighted by atomic mass is 16.5. The van der Waals surface area contributed by atoms with Gasteiger partial charge in [0, 0.05) is 12.8 Å². The van der Waals surface area contributed by atoms with Crippen molar-refractivity contribution in [2.24, 2.45) is 5.41 Å². The molecule has 1 radical (unpaired) electrons. The molecule has 0 saturated carbocycles. The molecule has 1 aliphatic carbocycles. The summed E-state index contributed by atoms with van der Waals surface area (Å²) in [5, 5.41) is 0. The molecule has 0 amide bonds. The monoisotopic (exact) mass is 195 g/mol. The van der Waals surface area contributed by atoms with Crippen LogP contribution in [-0.2, 0) is 9.47 Å². The molecule has 0 heterocycles. The number of rotatable bonds is 3. The van der Waals surface area contributed by atoms with Crippen molar-refractivity contribution >= 4 is 0 Å². The summed E-state index contributed by atoms with van der Waals surface area (Å²) in [5.74, 6) is 1.92. The van der Waals surface area contributed by atoms with E-state index in [0.717, 1.165) is 24.5 Å². The van der Waals surface area contributed by atoms with Gasteiger partial charge in [0.05, 0.1) is 19.5 Å². The van der Waals surface area contributed by atoms with Gasteiger partial charge in [-0.05, 0) is 17.6 Å². The molecule has 0 saturated heterocycles. The van der Waals surface area contributed by atoms with Crippen molar-refractivity contribution in [2.75, 3.05) is 13.7 Å². The second-order valence-electron chi connectivity index (χ2n) is 4.66. The maximum absolute atomic E-state index is 5.65. The van der Waals surface area contributed by atoms with Crippen LogP contribution in [0.3, 0.4) is 0 Å². The van der Waals surface area contributed by atoms with Gasteiger partial charge in [-0.15, -0.1) is 0 Å². The number of hydrogen-bond donors (Lipinski definition) is 0. The highest BCUT2D eigenvalue weighted by Gasteiger charge is 2.13. The Bertz CT molecular complexity index is 244. The minimum absolute atomic E-state index is 0.208. The Labute approximate surface area is 86.6 Å². The predicted molar refractivity (Wildman–Crippen MR) is 57.5 cm³/mol. The van der Waals surface area contributed by atoms with E-state index in [4.69, 9.17) is 9.47 Å². The fourth-order valence-corrected chi connectivity index (χ4v) is 1.07. The SMILES string of the molecule is COC1=CC=C(OCC(C)(C)C)[CH]C1. The van der Waals surface area contributed by atoms with Gasteiger partial charge in [0.1, 0.15) is 5.76 Å². The van der Waals surface area contributed by atoms with Crippen molar-refractivity contribution in [1.82, 2.24) is 0 Å². The molecular weight excluding hydrogens is 176 g/mol. The highest BCUT2D eigenvalue weighted by molar-refractivity contribution is 5.24. The van der Waals surface area contributed by atoms with Crippen LogP contribution >= 0.6 is 0 Å². The molecule has 1 rings (SSSR count). The molecule has 2 nitrogen and oxygen atoms in total. The van der Waals surface area contributed by atoms with Gasteiger partial charge in [-0.25, -0.2) is 0 Å². The van der Waals surface area contributed by atoms with Crippen LogP contribution in [0.5, 0.6) is 0 Å². The van der Waals surface area contributed by atoms with Crippen LogP contribution in [-0.4, -0.2) is 13.7 Å². The zero-order valence-electron chi connectivity index (χ0n) is 9.46. The van der Waals surface area contributed by atoms with E-state index in [1.165, 1.54) is 0 Å². The Morgan fingerprint density at radius 3 is 2.43 bits per heavy atom. The first kappa shape index (κ1) is 11.2. The molecule has 1 aliphatic rings. The van der Waals surface area contributed by atoms with Crippen LogP contribution in [0, 0.1) is 11.8 Å². The van der Waals surface area contributed by atoms with E-state index in [-0.39, 0.29) is 5.41 Å². The lowest BCUT2D eigenvalue weighted by molar-refractivity contribution is 0.129. The van der Waals surface area contributed by atoms with Crippen LogP contribution in [0.15, 0.2) is 23.7 Å². The number of allylic oxidation sites excluding steroid dienone is 4. The molecule has 14 heavy (non-hydrogen) atoms. The summed E-state index contributed by atoms with van der Waals surface area (Å²) in [5.41, 5.74) is 0.208. The molecule has 0 aromatic carbocycles. The Balaban J connectivity index is 2.41. The third-order valence-corrected chi connectivity index (χ3v) is 1.87. The first-order valence-corrected chi connectivity index (χ1v) is 4.92. The van der Waals surface area contributed by atoms with Gasteiger partial charge in [0.15, 0.2) is 0 Å². The van der Waals surface area contributed by atoms with E-state index in [1.807, 2.05) is 18.6 Å². The smallest absolute Gasteiger partial charge is 0.100 e. The fraction of sp³-hybridized carbons (Fsp3) is 0.583. The van der Waals surface area contributed by atoms with Crippen molar-refractivity contribution in [3.63, 3.8) is 0 Å². The molecule has 0 N–H and O–H groups in total. The lowest BCUT2D eigenvalue weighted by Crippen LogP contribution is -2.15. The minimum atomic E-state index is 0.208. The van der Waals surface area contributed by atoms with E-state index in [2.05, 4.69) is 20.8 Å². The summed E-state index contributed by atoms with van der Waals surface area (Å²) in [6, 6.07) is 0. The maximum Gasteiger partial charge on any atom is 0.100 e. The number of hydrogen-bond acceptors (Lipinski definition) is 2. The molecule has 0 spiro atoms. The van der Waals surface area contributed by atoms with Crippen LogP contribution in [0.1, 0.15) is 27.2 Å². The quantitative estimate of drug-likeness (QED) is 0.689. The van der Waals surface area contributed by atoms with E-state index in [1.54, 1.807) is 7.11 Å². The van der Waals surface area contributed by atoms with Gasteiger partial charge < -0.3 is 9.47 Å². The van der Waals surface area contributed by atoms with Crippen molar-refractivity contribution < 1.29 is 9.47 Å². The van der Waals surface area contributed by atoms with Gasteiger partial charge >= 0.3 is 0 Å². The molecule has 0 fully saturated rings. The second kappa shape index (κ2) is 4.54. The fourth-order valence-electron chi connectivity index (χ4n) is 1.07. The molecule has 0 bridgehead atoms. The van der Waals surface area contributed by atoms with Crippen molar-refractivity contribution in [3.8, 4) is 0 Å². The first-order valence-electron chi connectivity index (χ1n) is 4.92. The Kier molecular flexibility index (Phi) is 3.62. The van der Waals surface area contributed by atoms with E-state index < -0.39 is 0 Å². The topological polar surface area (TPSA) is 18.5 Å². The van der Waals surface area contributed by atoms with Crippen LogP contribution in [0.4, 0.5) is 0 Å². The van der Waals surface area contributed by atoms with Gasteiger partial charge in [-0.3, -0.25) is 0 Å². The zero-order chi connectivity index (χ0) is 10.6. The van der Waals surface area contributed by atoms with Gasteiger partial charge in [-0.2, -0.15) is 0 Å². The zero-order valence-corrected chi connectivity index (χ0v) is 9.46. The Morgan fingerprint density at radius 2 is 2.00 bits per heavy atom. The summed E-state index contributed by atoms with van der Waals surface area (Å²) < 4.78 is 10.8. The van der Waals surface area contributed by atoms with Gasteiger partial charge in [-0.1, -0.05) is 20.8 Å². The van der Waals surface area contributed by atoms with Gasteiger partial charge in [0.2, 0.25) is 0 Å². The third kappa shape index (κ3) is 3.86. The second-order valence-corrected chi connectivity index (χ2v) is 4.66. The molecular formula is C12H19O2. The normalized spacial score (nSPS) is 17.1. The first-order chi connectivity index (χ1) is 6.51. The maximum atomic E-state index is 5.65. The molecule has 0 aliphatic heterocycles. The lowest BCUT2D eigenvalue weighted by Gasteiger charge is -2.21. The molecule has 2 heteroatoms. The van der Waals surface area contributed by atoms with Crippen LogP contribution in [0.25, 0.3) is 0 Å². The number of methoxy groups -OCH3 is 1. The number of ether oxygens (including phenoxy) is 2. The Morgan fingerprint density at radius 1 is 1.29 bits per heavy atom. The standard InChI is InChI=1S/C12H19O2/c1-12(2,3)9-14-11-7-5-10(13-4)6-8-11/h5,7-8H,6,9H2,1-4H3. The average molecular weight is 195 g/mol. The Hall–Kier alpha value is -0.920. The van der Waals surface area contributed by atoms with Crippen molar-refractivity contribution in [3.05, 3.63) is 30.1 Å². The average Bonchev–Trinajstić information content (AvgIpc) is 2.14. The van der Waals surface area contributed by atoms with E-state index in [9.17, 15) is 0 Å². The summed E-state index contributed by atoms with van der Waals surface area (Å²) in [6.45, 7) is 7.22. The highest BCUT2D eigenvalue weighted by Crippen LogP contribution is 2.21. The largest absolute Gasteiger partial charge is 0.501 e. The summed E-state index contributed by atoms with van der Waals surface area (Å²) >= 11 is 0. The summed E-state index contributed by atoms with van der Waals surface area (Å²) in [6.07, 6.45) is 6.78. The van der Waals surface area contributed by atoms with E-state index >= 15 is 0 Å². The minimum Gasteiger partial charge on any atom is -0.501 e. The third-order valence-electron chi connectivity index (χ3n) is 1.87. The predicted octanol–water partition coefficient (Wildman–Crippen LogP) is 3.07. The van der Waals surface area contributed by atoms with Crippen LogP contribution in [0.2, 0.25) is 0 Å². The summed E-state index contributed by atoms with van der Waals surface area (Å²) in [7, 11) is 1.69. The molecule has 0 aromatic heterocycles. The van der Waals surface area contributed by atoms with Crippen molar-refractivity contribution in [1.29, 1.82) is 0 Å².